The van der Waals surface area contributed by atoms with Crippen molar-refractivity contribution >= 4 is 5.84 Å². The Hall–Kier alpha value is -0.670. The van der Waals surface area contributed by atoms with Gasteiger partial charge >= 0.3 is 0 Å². The third-order valence-electron chi connectivity index (χ3n) is 5.17. The van der Waals surface area contributed by atoms with Gasteiger partial charge in [-0.2, -0.15) is 0 Å². The molecular weight excluding hydrogens is 284 g/mol. The highest BCUT2D eigenvalue weighted by molar-refractivity contribution is 5.76. The Morgan fingerprint density at radius 1 is 1.00 bits per heavy atom. The van der Waals surface area contributed by atoms with Gasteiger partial charge in [-0.25, -0.2) is 4.99 Å². The van der Waals surface area contributed by atoms with Crippen LogP contribution in [0.4, 0.5) is 0 Å². The van der Waals surface area contributed by atoms with Crippen LogP contribution in [0.2, 0.25) is 0 Å². The molecule has 1 aliphatic rings. The standard InChI is InChI=1S/C20H39N2O/c1-3-5-6-7-8-9-10-11-12-13-14-15-20-21-16-17-22(20,4-2)18-19-23/h10-11,23H,3-9,12-19H2,1-2H3/q+1/b11-10+. The van der Waals surface area contributed by atoms with Gasteiger partial charge in [-0.1, -0.05) is 44.8 Å². The molecule has 0 bridgehead atoms. The number of aliphatic imine (C=N–C) groups is 1. The largest absolute Gasteiger partial charge is 0.390 e. The molecular formula is C20H39N2O+. The molecule has 1 rings (SSSR count). The molecule has 0 saturated heterocycles. The zero-order valence-electron chi connectivity index (χ0n) is 15.6. The SMILES string of the molecule is CCCCCCC/C=C/CCCCC1=NCC[N+]1(CC)CCO. The molecule has 0 amide bonds. The van der Waals surface area contributed by atoms with Gasteiger partial charge in [0.15, 0.2) is 5.84 Å². The van der Waals surface area contributed by atoms with E-state index in [2.05, 4.69) is 26.0 Å². The van der Waals surface area contributed by atoms with E-state index in [1.807, 2.05) is 0 Å². The van der Waals surface area contributed by atoms with E-state index in [-0.39, 0.29) is 6.61 Å². The average Bonchev–Trinajstić information content (AvgIpc) is 2.96. The zero-order valence-corrected chi connectivity index (χ0v) is 15.6. The number of aliphatic hydroxyl groups excluding tert-OH is 1. The highest BCUT2D eigenvalue weighted by Gasteiger charge is 2.35. The fourth-order valence-electron chi connectivity index (χ4n) is 3.54. The molecule has 0 aromatic rings. The first kappa shape index (κ1) is 20.4. The highest BCUT2D eigenvalue weighted by atomic mass is 16.3. The van der Waals surface area contributed by atoms with E-state index >= 15 is 0 Å². The summed E-state index contributed by atoms with van der Waals surface area (Å²) in [7, 11) is 0. The maximum Gasteiger partial charge on any atom is 0.198 e. The fraction of sp³-hybridized carbons (Fsp3) is 0.850. The number of nitrogens with zero attached hydrogens (tertiary/aromatic N) is 2. The van der Waals surface area contributed by atoms with Crippen molar-refractivity contribution in [3.8, 4) is 0 Å². The number of hydrogen-bond donors (Lipinski definition) is 1. The van der Waals surface area contributed by atoms with Crippen LogP contribution in [0.3, 0.4) is 0 Å². The number of amidine groups is 1. The van der Waals surface area contributed by atoms with E-state index < -0.39 is 0 Å². The van der Waals surface area contributed by atoms with Gasteiger partial charge in [-0.05, 0) is 39.0 Å². The molecule has 1 atom stereocenters. The number of unbranched alkanes of at least 4 members (excludes halogenated alkanes) is 7. The van der Waals surface area contributed by atoms with Gasteiger partial charge in [0, 0.05) is 6.42 Å². The van der Waals surface area contributed by atoms with Crippen LogP contribution in [0.15, 0.2) is 17.1 Å². The Morgan fingerprint density at radius 3 is 2.35 bits per heavy atom. The molecule has 3 nitrogen and oxygen atoms in total. The van der Waals surface area contributed by atoms with E-state index in [1.165, 1.54) is 63.6 Å². The second kappa shape index (κ2) is 12.7. The topological polar surface area (TPSA) is 32.6 Å². The Labute approximate surface area is 144 Å². The summed E-state index contributed by atoms with van der Waals surface area (Å²) in [5, 5.41) is 9.32. The molecule has 0 saturated carbocycles. The molecule has 0 aromatic heterocycles. The number of aliphatic hydroxyl groups is 1. The molecule has 1 N–H and O–H groups in total. The first-order chi connectivity index (χ1) is 11.3. The van der Waals surface area contributed by atoms with E-state index in [0.29, 0.717) is 0 Å². The first-order valence-electron chi connectivity index (χ1n) is 9.95. The number of rotatable bonds is 14. The summed E-state index contributed by atoms with van der Waals surface area (Å²) in [5.74, 6) is 1.33. The number of quaternary nitrogens is 1. The molecule has 1 heterocycles. The minimum Gasteiger partial charge on any atom is -0.390 e. The van der Waals surface area contributed by atoms with E-state index in [9.17, 15) is 5.11 Å². The van der Waals surface area contributed by atoms with Crippen LogP contribution >= 0.6 is 0 Å². The molecule has 0 fully saturated rings. The zero-order chi connectivity index (χ0) is 16.8. The van der Waals surface area contributed by atoms with Crippen molar-refractivity contribution in [2.24, 2.45) is 4.99 Å². The lowest BCUT2D eigenvalue weighted by Gasteiger charge is -2.33. The Morgan fingerprint density at radius 2 is 1.70 bits per heavy atom. The summed E-state index contributed by atoms with van der Waals surface area (Å²) in [4.78, 5) is 4.72. The summed E-state index contributed by atoms with van der Waals surface area (Å²) in [6.07, 6.45) is 17.7. The molecule has 23 heavy (non-hydrogen) atoms. The molecule has 3 heteroatoms. The summed E-state index contributed by atoms with van der Waals surface area (Å²) in [6.45, 7) is 8.70. The fourth-order valence-corrected chi connectivity index (χ4v) is 3.54. The summed E-state index contributed by atoms with van der Waals surface area (Å²) in [6, 6.07) is 0. The Balaban J connectivity index is 2.08. The second-order valence-corrected chi connectivity index (χ2v) is 6.85. The lowest BCUT2D eigenvalue weighted by Crippen LogP contribution is -2.52. The summed E-state index contributed by atoms with van der Waals surface area (Å²) >= 11 is 0. The molecule has 0 aromatic carbocycles. The van der Waals surface area contributed by atoms with Crippen LogP contribution in [0.1, 0.15) is 78.1 Å². The van der Waals surface area contributed by atoms with Gasteiger partial charge in [0.05, 0.1) is 19.7 Å². The highest BCUT2D eigenvalue weighted by Crippen LogP contribution is 2.19. The minimum atomic E-state index is 0.272. The third-order valence-corrected chi connectivity index (χ3v) is 5.17. The van der Waals surface area contributed by atoms with Crippen molar-refractivity contribution in [2.45, 2.75) is 78.1 Å². The van der Waals surface area contributed by atoms with Crippen molar-refractivity contribution in [1.82, 2.24) is 0 Å². The van der Waals surface area contributed by atoms with Gasteiger partial charge < -0.3 is 5.11 Å². The maximum atomic E-state index is 9.32. The Bertz CT molecular complexity index is 352. The van der Waals surface area contributed by atoms with Crippen molar-refractivity contribution in [3.05, 3.63) is 12.2 Å². The average molecular weight is 324 g/mol. The molecule has 1 unspecified atom stereocenters. The van der Waals surface area contributed by atoms with Gasteiger partial charge in [0.2, 0.25) is 0 Å². The van der Waals surface area contributed by atoms with Crippen molar-refractivity contribution in [2.75, 3.05) is 32.8 Å². The monoisotopic (exact) mass is 323 g/mol. The number of likely N-dealkylation sites (N-methyl/N-ethyl adjacent to an activating group) is 1. The van der Waals surface area contributed by atoms with Crippen molar-refractivity contribution in [1.29, 1.82) is 0 Å². The van der Waals surface area contributed by atoms with E-state index in [1.54, 1.807) is 0 Å². The number of hydrogen-bond acceptors (Lipinski definition) is 2. The van der Waals surface area contributed by atoms with Gasteiger partial charge in [0.25, 0.3) is 0 Å². The van der Waals surface area contributed by atoms with Crippen LogP contribution in [0.5, 0.6) is 0 Å². The molecule has 1 aliphatic heterocycles. The van der Waals surface area contributed by atoms with Crippen molar-refractivity contribution < 1.29 is 9.59 Å². The lowest BCUT2D eigenvalue weighted by molar-refractivity contribution is -0.835. The summed E-state index contributed by atoms with van der Waals surface area (Å²) < 4.78 is 0.935. The van der Waals surface area contributed by atoms with E-state index in [4.69, 9.17) is 4.99 Å². The summed E-state index contributed by atoms with van der Waals surface area (Å²) in [5.41, 5.74) is 0. The van der Waals surface area contributed by atoms with E-state index in [0.717, 1.165) is 37.1 Å². The molecule has 0 spiro atoms. The third kappa shape index (κ3) is 7.63. The van der Waals surface area contributed by atoms with Crippen LogP contribution < -0.4 is 0 Å². The van der Waals surface area contributed by atoms with Gasteiger partial charge in [-0.15, -0.1) is 0 Å². The van der Waals surface area contributed by atoms with Crippen LogP contribution in [0, 0.1) is 0 Å². The van der Waals surface area contributed by atoms with Crippen LogP contribution in [-0.4, -0.2) is 48.2 Å². The van der Waals surface area contributed by atoms with Crippen LogP contribution in [0.25, 0.3) is 0 Å². The number of allylic oxidation sites excluding steroid dienone is 2. The normalized spacial score (nSPS) is 21.3. The van der Waals surface area contributed by atoms with Gasteiger partial charge in [0.1, 0.15) is 13.1 Å². The quantitative estimate of drug-likeness (QED) is 0.280. The molecule has 134 valence electrons. The Kier molecular flexibility index (Phi) is 11.3. The predicted octanol–water partition coefficient (Wildman–Crippen LogP) is 4.70. The van der Waals surface area contributed by atoms with Crippen molar-refractivity contribution in [3.63, 3.8) is 0 Å². The predicted molar refractivity (Wildman–Crippen MR) is 101 cm³/mol. The molecule has 0 aliphatic carbocycles. The molecule has 0 radical (unpaired) electrons. The first-order valence-corrected chi connectivity index (χ1v) is 9.95. The minimum absolute atomic E-state index is 0.272. The maximum absolute atomic E-state index is 9.32. The smallest absolute Gasteiger partial charge is 0.198 e. The lowest BCUT2D eigenvalue weighted by atomic mass is 10.1. The van der Waals surface area contributed by atoms with Gasteiger partial charge in [-0.3, -0.25) is 4.48 Å². The second-order valence-electron chi connectivity index (χ2n) is 6.85. The van der Waals surface area contributed by atoms with Crippen LogP contribution in [-0.2, 0) is 0 Å².